The van der Waals surface area contributed by atoms with Gasteiger partial charge in [-0.1, -0.05) is 70.3 Å². The van der Waals surface area contributed by atoms with Crippen LogP contribution in [0.25, 0.3) is 0 Å². The van der Waals surface area contributed by atoms with Crippen molar-refractivity contribution in [1.82, 2.24) is 10.2 Å². The lowest BCUT2D eigenvalue weighted by molar-refractivity contribution is -0.131. The number of nitrogens with one attached hydrogen (secondary N) is 1. The average Bonchev–Trinajstić information content (AvgIpc) is 2.75. The normalized spacial score (nSPS) is 11.4. The van der Waals surface area contributed by atoms with Gasteiger partial charge in [0.15, 0.2) is 0 Å². The molecular formula is C25H47N3O2. The fourth-order valence-electron chi connectivity index (χ4n) is 3.26. The third-order valence-corrected chi connectivity index (χ3v) is 5.11. The number of nitrogens with zero attached hydrogens (tertiary/aromatic N) is 1. The lowest BCUT2D eigenvalue weighted by Gasteiger charge is -2.21. The van der Waals surface area contributed by atoms with Crippen LogP contribution in [0.1, 0.15) is 97.3 Å². The van der Waals surface area contributed by atoms with E-state index < -0.39 is 0 Å². The summed E-state index contributed by atoms with van der Waals surface area (Å²) in [6, 6.07) is 0. The fourth-order valence-corrected chi connectivity index (χ4v) is 3.26. The predicted molar refractivity (Wildman–Crippen MR) is 128 cm³/mol. The van der Waals surface area contributed by atoms with E-state index in [9.17, 15) is 9.59 Å². The number of unbranched alkanes of at least 4 members (excludes halogenated alkanes) is 8. The topological polar surface area (TPSA) is 75.4 Å². The quantitative estimate of drug-likeness (QED) is 0.212. The number of amides is 2. The number of allylic oxidation sites excluding steroid dienone is 4. The highest BCUT2D eigenvalue weighted by molar-refractivity contribution is 5.77. The predicted octanol–water partition coefficient (Wildman–Crippen LogP) is 5.11. The Hall–Kier alpha value is -1.62. The zero-order valence-electron chi connectivity index (χ0n) is 19.7. The van der Waals surface area contributed by atoms with E-state index in [4.69, 9.17) is 5.73 Å². The maximum absolute atomic E-state index is 11.9. The van der Waals surface area contributed by atoms with Gasteiger partial charge in [-0.3, -0.25) is 9.59 Å². The zero-order chi connectivity index (χ0) is 22.3. The van der Waals surface area contributed by atoms with E-state index in [0.717, 1.165) is 25.7 Å². The van der Waals surface area contributed by atoms with Gasteiger partial charge in [-0.05, 0) is 38.5 Å². The van der Waals surface area contributed by atoms with Crippen LogP contribution < -0.4 is 11.1 Å². The highest BCUT2D eigenvalue weighted by atomic mass is 16.2. The summed E-state index contributed by atoms with van der Waals surface area (Å²) in [5.41, 5.74) is 5.54. The van der Waals surface area contributed by atoms with Gasteiger partial charge in [-0.2, -0.15) is 0 Å². The van der Waals surface area contributed by atoms with Crippen molar-refractivity contribution in [2.45, 2.75) is 97.3 Å². The van der Waals surface area contributed by atoms with Gasteiger partial charge in [0, 0.05) is 39.0 Å². The van der Waals surface area contributed by atoms with E-state index in [2.05, 4.69) is 36.5 Å². The molecule has 2 amide bonds. The molecule has 0 aliphatic heterocycles. The molecule has 3 N–H and O–H groups in total. The summed E-state index contributed by atoms with van der Waals surface area (Å²) in [6.45, 7) is 6.12. The number of nitrogens with two attached hydrogens (primary N) is 1. The second-order valence-corrected chi connectivity index (χ2v) is 7.85. The van der Waals surface area contributed by atoms with Gasteiger partial charge in [0.25, 0.3) is 0 Å². The van der Waals surface area contributed by atoms with Crippen LogP contribution in [0.4, 0.5) is 0 Å². The number of hydrogen-bond donors (Lipinski definition) is 2. The van der Waals surface area contributed by atoms with Gasteiger partial charge in [-0.15, -0.1) is 0 Å². The van der Waals surface area contributed by atoms with Crippen molar-refractivity contribution in [1.29, 1.82) is 0 Å². The fraction of sp³-hybridized carbons (Fsp3) is 0.760. The van der Waals surface area contributed by atoms with Crippen molar-refractivity contribution in [3.63, 3.8) is 0 Å². The molecule has 30 heavy (non-hydrogen) atoms. The Kier molecular flexibility index (Phi) is 20.9. The monoisotopic (exact) mass is 421 g/mol. The molecule has 0 rings (SSSR count). The zero-order valence-corrected chi connectivity index (χ0v) is 19.7. The van der Waals surface area contributed by atoms with Crippen molar-refractivity contribution in [2.24, 2.45) is 5.73 Å². The number of carbonyl (C=O) groups is 2. The summed E-state index contributed by atoms with van der Waals surface area (Å²) < 4.78 is 0. The minimum Gasteiger partial charge on any atom is -0.354 e. The maximum Gasteiger partial charge on any atom is 0.222 e. The molecule has 0 aromatic carbocycles. The average molecular weight is 422 g/mol. The Morgan fingerprint density at radius 3 is 2.10 bits per heavy atom. The molecule has 0 spiro atoms. The second-order valence-electron chi connectivity index (χ2n) is 7.85. The van der Waals surface area contributed by atoms with Crippen LogP contribution in [0.2, 0.25) is 0 Å². The molecule has 0 aliphatic rings. The third kappa shape index (κ3) is 18.4. The largest absolute Gasteiger partial charge is 0.354 e. The first-order valence-electron chi connectivity index (χ1n) is 12.2. The summed E-state index contributed by atoms with van der Waals surface area (Å²) in [4.78, 5) is 25.4. The van der Waals surface area contributed by atoms with Crippen LogP contribution in [0.5, 0.6) is 0 Å². The van der Waals surface area contributed by atoms with Crippen LogP contribution in [0.3, 0.4) is 0 Å². The SMILES string of the molecule is CCCCC/C=C/C/C=C/CCCCCCCC(=O)NCCN(CCN)C(=O)CC. The number of carbonyl (C=O) groups excluding carboxylic acids is 2. The number of rotatable bonds is 20. The standard InChI is InChI=1S/C25H47N3O2/c1-3-5-6-7-8-9-10-11-12-13-14-15-16-17-18-19-24(29)27-21-23-28(22-20-26)25(30)4-2/h8-9,11-12H,3-7,10,13-23,26H2,1-2H3,(H,27,29)/b9-8+,12-11+. The van der Waals surface area contributed by atoms with E-state index in [1.54, 1.807) is 4.90 Å². The van der Waals surface area contributed by atoms with E-state index in [-0.39, 0.29) is 11.8 Å². The summed E-state index contributed by atoms with van der Waals surface area (Å²) in [7, 11) is 0. The Labute approximate surface area is 185 Å². The third-order valence-electron chi connectivity index (χ3n) is 5.11. The van der Waals surface area contributed by atoms with Crippen molar-refractivity contribution < 1.29 is 9.59 Å². The molecule has 5 nitrogen and oxygen atoms in total. The van der Waals surface area contributed by atoms with E-state index in [0.29, 0.717) is 39.0 Å². The molecule has 174 valence electrons. The first-order valence-corrected chi connectivity index (χ1v) is 12.2. The van der Waals surface area contributed by atoms with Crippen LogP contribution in [0, 0.1) is 0 Å². The summed E-state index contributed by atoms with van der Waals surface area (Å²) >= 11 is 0. The smallest absolute Gasteiger partial charge is 0.222 e. The lowest BCUT2D eigenvalue weighted by Crippen LogP contribution is -2.40. The summed E-state index contributed by atoms with van der Waals surface area (Å²) in [5, 5.41) is 2.91. The highest BCUT2D eigenvalue weighted by Crippen LogP contribution is 2.08. The molecule has 0 saturated carbocycles. The molecule has 0 atom stereocenters. The maximum atomic E-state index is 11.9. The van der Waals surface area contributed by atoms with Crippen LogP contribution in [-0.2, 0) is 9.59 Å². The minimum atomic E-state index is 0.0809. The Morgan fingerprint density at radius 2 is 1.47 bits per heavy atom. The molecular weight excluding hydrogens is 374 g/mol. The summed E-state index contributed by atoms with van der Waals surface area (Å²) in [5.74, 6) is 0.167. The number of hydrogen-bond acceptors (Lipinski definition) is 3. The Bertz CT molecular complexity index is 475. The Balaban J connectivity index is 3.52. The molecule has 0 aromatic rings. The van der Waals surface area contributed by atoms with Gasteiger partial charge in [0.2, 0.25) is 11.8 Å². The van der Waals surface area contributed by atoms with Gasteiger partial charge in [-0.25, -0.2) is 0 Å². The molecule has 0 saturated heterocycles. The molecule has 0 aromatic heterocycles. The van der Waals surface area contributed by atoms with E-state index in [1.807, 2.05) is 6.92 Å². The van der Waals surface area contributed by atoms with E-state index in [1.165, 1.54) is 44.9 Å². The molecule has 0 heterocycles. The first-order chi connectivity index (χ1) is 14.7. The van der Waals surface area contributed by atoms with Gasteiger partial charge >= 0.3 is 0 Å². The highest BCUT2D eigenvalue weighted by Gasteiger charge is 2.10. The van der Waals surface area contributed by atoms with Gasteiger partial charge < -0.3 is 16.0 Å². The molecule has 0 radical (unpaired) electrons. The lowest BCUT2D eigenvalue weighted by atomic mass is 10.1. The van der Waals surface area contributed by atoms with Crippen LogP contribution >= 0.6 is 0 Å². The van der Waals surface area contributed by atoms with Gasteiger partial charge in [0.1, 0.15) is 0 Å². The first kappa shape index (κ1) is 28.4. The minimum absolute atomic E-state index is 0.0809. The van der Waals surface area contributed by atoms with Crippen molar-refractivity contribution >= 4 is 11.8 Å². The molecule has 0 unspecified atom stereocenters. The van der Waals surface area contributed by atoms with Crippen LogP contribution in [0.15, 0.2) is 24.3 Å². The molecule has 0 fully saturated rings. The molecule has 0 aliphatic carbocycles. The van der Waals surface area contributed by atoms with Crippen molar-refractivity contribution in [2.75, 3.05) is 26.2 Å². The molecule has 5 heteroatoms. The Morgan fingerprint density at radius 1 is 0.833 bits per heavy atom. The van der Waals surface area contributed by atoms with Crippen molar-refractivity contribution in [3.8, 4) is 0 Å². The van der Waals surface area contributed by atoms with E-state index >= 15 is 0 Å². The molecule has 0 bridgehead atoms. The second kappa shape index (κ2) is 22.1. The van der Waals surface area contributed by atoms with Gasteiger partial charge in [0.05, 0.1) is 0 Å². The van der Waals surface area contributed by atoms with Crippen LogP contribution in [-0.4, -0.2) is 42.9 Å². The van der Waals surface area contributed by atoms with Crippen molar-refractivity contribution in [3.05, 3.63) is 24.3 Å². The summed E-state index contributed by atoms with van der Waals surface area (Å²) in [6.07, 6.45) is 23.2.